The molecule has 7 heteroatoms. The minimum absolute atomic E-state index is 0.0189. The van der Waals surface area contributed by atoms with E-state index in [9.17, 15) is 4.79 Å². The van der Waals surface area contributed by atoms with Crippen molar-refractivity contribution in [3.63, 3.8) is 0 Å². The normalized spacial score (nSPS) is 22.6. The van der Waals surface area contributed by atoms with Gasteiger partial charge in [0.2, 0.25) is 5.91 Å². The molecular weight excluding hydrogens is 308 g/mol. The van der Waals surface area contributed by atoms with Crippen LogP contribution in [0.3, 0.4) is 0 Å². The summed E-state index contributed by atoms with van der Waals surface area (Å²) in [5, 5.41) is 8.13. The number of hydrogen-bond acceptors (Lipinski definition) is 5. The zero-order chi connectivity index (χ0) is 16.5. The molecule has 2 aliphatic heterocycles. The highest BCUT2D eigenvalue weighted by Crippen LogP contribution is 2.31. The highest BCUT2D eigenvalue weighted by Gasteiger charge is 2.37. The minimum atomic E-state index is -0.0189. The Kier molecular flexibility index (Phi) is 3.93. The van der Waals surface area contributed by atoms with Crippen LogP contribution in [-0.4, -0.2) is 52.1 Å². The molecule has 0 N–H and O–H groups in total. The van der Waals surface area contributed by atoms with Crippen molar-refractivity contribution in [1.29, 1.82) is 0 Å². The summed E-state index contributed by atoms with van der Waals surface area (Å²) in [5.74, 6) is 0.854. The number of likely N-dealkylation sites (tertiary alicyclic amines) is 1. The molecule has 2 atom stereocenters. The smallest absolute Gasteiger partial charge is 0.227 e. The molecule has 0 unspecified atom stereocenters. The van der Waals surface area contributed by atoms with Crippen molar-refractivity contribution in [3.8, 4) is 5.75 Å². The van der Waals surface area contributed by atoms with Crippen LogP contribution in [0.4, 0.5) is 0 Å². The largest absolute Gasteiger partial charge is 0.496 e. The van der Waals surface area contributed by atoms with Gasteiger partial charge in [0, 0.05) is 18.7 Å². The van der Waals surface area contributed by atoms with Gasteiger partial charge in [-0.25, -0.2) is 4.68 Å². The van der Waals surface area contributed by atoms with Gasteiger partial charge in [0.15, 0.2) is 0 Å². The summed E-state index contributed by atoms with van der Waals surface area (Å²) in [6.45, 7) is 1.80. The maximum Gasteiger partial charge on any atom is 0.227 e. The van der Waals surface area contributed by atoms with Gasteiger partial charge in [0.25, 0.3) is 0 Å². The number of rotatable bonds is 3. The van der Waals surface area contributed by atoms with Crippen LogP contribution in [0.5, 0.6) is 5.75 Å². The van der Waals surface area contributed by atoms with E-state index >= 15 is 0 Å². The summed E-state index contributed by atoms with van der Waals surface area (Å²) in [4.78, 5) is 14.6. The molecule has 1 saturated heterocycles. The zero-order valence-corrected chi connectivity index (χ0v) is 13.6. The van der Waals surface area contributed by atoms with Gasteiger partial charge in [-0.05, 0) is 12.5 Å². The molecule has 0 aliphatic carbocycles. The third-order valence-corrected chi connectivity index (χ3v) is 4.82. The Morgan fingerprint density at radius 1 is 1.42 bits per heavy atom. The van der Waals surface area contributed by atoms with Gasteiger partial charge in [-0.2, -0.15) is 0 Å². The first-order valence-electron chi connectivity index (χ1n) is 8.16. The fraction of sp³-hybridized carbons (Fsp3) is 0.471. The standard InChI is InChI=1S/C17H20N4O3/c1-23-15-5-3-2-4-12(15)8-17(22)20-7-6-14-16(10-20)24-11-13-9-18-19-21(13)14/h2-5,9,14,16H,6-8,10-11H2,1H3/t14-,16-/m1/s1. The first-order chi connectivity index (χ1) is 11.8. The van der Waals surface area contributed by atoms with Crippen molar-refractivity contribution in [3.05, 3.63) is 41.7 Å². The number of para-hydroxylation sites is 1. The molecule has 4 rings (SSSR count). The number of fused-ring (bicyclic) bond motifs is 3. The third-order valence-electron chi connectivity index (χ3n) is 4.82. The summed E-state index contributed by atoms with van der Waals surface area (Å²) in [6.07, 6.45) is 2.90. The zero-order valence-electron chi connectivity index (χ0n) is 13.6. The molecule has 7 nitrogen and oxygen atoms in total. The Balaban J connectivity index is 1.44. The van der Waals surface area contributed by atoms with Gasteiger partial charge < -0.3 is 14.4 Å². The van der Waals surface area contributed by atoms with Crippen molar-refractivity contribution in [2.45, 2.75) is 31.6 Å². The van der Waals surface area contributed by atoms with Crippen LogP contribution in [0.15, 0.2) is 30.5 Å². The SMILES string of the molecule is COc1ccccc1CC(=O)N1CC[C@@H]2[C@@H](C1)OCc1cnnn12. The number of carbonyl (C=O) groups excluding carboxylic acids is 1. The fourth-order valence-electron chi connectivity index (χ4n) is 3.54. The lowest BCUT2D eigenvalue weighted by atomic mass is 9.99. The molecule has 126 valence electrons. The summed E-state index contributed by atoms with van der Waals surface area (Å²) < 4.78 is 13.2. The van der Waals surface area contributed by atoms with E-state index in [1.807, 2.05) is 33.8 Å². The van der Waals surface area contributed by atoms with E-state index in [0.717, 1.165) is 23.4 Å². The highest BCUT2D eigenvalue weighted by atomic mass is 16.5. The third kappa shape index (κ3) is 2.65. The number of ether oxygens (including phenoxy) is 2. The number of amides is 1. The lowest BCUT2D eigenvalue weighted by Crippen LogP contribution is -2.50. The summed E-state index contributed by atoms with van der Waals surface area (Å²) >= 11 is 0. The van der Waals surface area contributed by atoms with E-state index in [1.54, 1.807) is 13.3 Å². The summed E-state index contributed by atoms with van der Waals surface area (Å²) in [5.41, 5.74) is 1.92. The average Bonchev–Trinajstić information content (AvgIpc) is 3.10. The van der Waals surface area contributed by atoms with Gasteiger partial charge in [-0.15, -0.1) is 5.10 Å². The van der Waals surface area contributed by atoms with Gasteiger partial charge in [-0.3, -0.25) is 4.79 Å². The number of benzene rings is 1. The second-order valence-corrected chi connectivity index (χ2v) is 6.20. The molecule has 1 amide bonds. The lowest BCUT2D eigenvalue weighted by molar-refractivity contribution is -0.138. The van der Waals surface area contributed by atoms with E-state index in [2.05, 4.69) is 10.3 Å². The maximum absolute atomic E-state index is 12.7. The highest BCUT2D eigenvalue weighted by molar-refractivity contribution is 5.79. The molecule has 1 aromatic heterocycles. The molecule has 3 heterocycles. The molecule has 0 radical (unpaired) electrons. The van der Waals surface area contributed by atoms with E-state index in [4.69, 9.17) is 9.47 Å². The Morgan fingerprint density at radius 2 is 2.29 bits per heavy atom. The van der Waals surface area contributed by atoms with Crippen LogP contribution in [0.2, 0.25) is 0 Å². The van der Waals surface area contributed by atoms with Crippen molar-refractivity contribution in [2.75, 3.05) is 20.2 Å². The number of piperidine rings is 1. The monoisotopic (exact) mass is 328 g/mol. The topological polar surface area (TPSA) is 69.5 Å². The first kappa shape index (κ1) is 15.1. The molecule has 2 aromatic rings. The number of methoxy groups -OCH3 is 1. The average molecular weight is 328 g/mol. The summed E-state index contributed by atoms with van der Waals surface area (Å²) in [6, 6.07) is 7.82. The predicted molar refractivity (Wildman–Crippen MR) is 85.5 cm³/mol. The number of carbonyl (C=O) groups is 1. The van der Waals surface area contributed by atoms with Gasteiger partial charge >= 0.3 is 0 Å². The molecule has 0 saturated carbocycles. The molecule has 1 fully saturated rings. The molecule has 2 aliphatic rings. The van der Waals surface area contributed by atoms with Crippen molar-refractivity contribution in [2.24, 2.45) is 0 Å². The van der Waals surface area contributed by atoms with Crippen LogP contribution in [-0.2, 0) is 22.6 Å². The Hall–Kier alpha value is -2.41. The van der Waals surface area contributed by atoms with Crippen LogP contribution in [0.1, 0.15) is 23.7 Å². The molecular formula is C17H20N4O3. The predicted octanol–water partition coefficient (Wildman–Crippen LogP) is 1.20. The second-order valence-electron chi connectivity index (χ2n) is 6.20. The lowest BCUT2D eigenvalue weighted by Gasteiger charge is -2.41. The van der Waals surface area contributed by atoms with Crippen LogP contribution in [0, 0.1) is 0 Å². The van der Waals surface area contributed by atoms with Crippen LogP contribution >= 0.6 is 0 Å². The van der Waals surface area contributed by atoms with Crippen molar-refractivity contribution >= 4 is 5.91 Å². The van der Waals surface area contributed by atoms with Gasteiger partial charge in [0.05, 0.1) is 44.2 Å². The Bertz CT molecular complexity index is 745. The van der Waals surface area contributed by atoms with Crippen LogP contribution < -0.4 is 4.74 Å². The molecule has 0 spiro atoms. The van der Waals surface area contributed by atoms with E-state index in [0.29, 0.717) is 26.1 Å². The number of nitrogens with zero attached hydrogens (tertiary/aromatic N) is 4. The van der Waals surface area contributed by atoms with Crippen LogP contribution in [0.25, 0.3) is 0 Å². The molecule has 0 bridgehead atoms. The molecule has 1 aromatic carbocycles. The van der Waals surface area contributed by atoms with E-state index in [-0.39, 0.29) is 18.1 Å². The number of aromatic nitrogens is 3. The van der Waals surface area contributed by atoms with Crippen molar-refractivity contribution < 1.29 is 14.3 Å². The van der Waals surface area contributed by atoms with Gasteiger partial charge in [-0.1, -0.05) is 23.4 Å². The Labute approximate surface area is 140 Å². The van der Waals surface area contributed by atoms with Gasteiger partial charge in [0.1, 0.15) is 5.75 Å². The number of hydrogen-bond donors (Lipinski definition) is 0. The second kappa shape index (κ2) is 6.24. The quantitative estimate of drug-likeness (QED) is 0.847. The first-order valence-corrected chi connectivity index (χ1v) is 8.16. The summed E-state index contributed by atoms with van der Waals surface area (Å²) in [7, 11) is 1.63. The van der Waals surface area contributed by atoms with E-state index in [1.165, 1.54) is 0 Å². The minimum Gasteiger partial charge on any atom is -0.496 e. The van der Waals surface area contributed by atoms with Crippen molar-refractivity contribution in [1.82, 2.24) is 19.9 Å². The van der Waals surface area contributed by atoms with E-state index < -0.39 is 0 Å². The fourth-order valence-corrected chi connectivity index (χ4v) is 3.54. The Morgan fingerprint density at radius 3 is 3.17 bits per heavy atom. The molecule has 24 heavy (non-hydrogen) atoms. The maximum atomic E-state index is 12.7.